The van der Waals surface area contributed by atoms with E-state index in [1.165, 1.54) is 11.0 Å². The van der Waals surface area contributed by atoms with E-state index in [1.54, 1.807) is 54.6 Å². The molecule has 0 aromatic heterocycles. The molecule has 0 bridgehead atoms. The third-order valence-electron chi connectivity index (χ3n) is 5.32. The van der Waals surface area contributed by atoms with Crippen LogP contribution >= 0.6 is 0 Å². The maximum absolute atomic E-state index is 14.1. The van der Waals surface area contributed by atoms with Crippen LogP contribution in [0.1, 0.15) is 33.5 Å². The van der Waals surface area contributed by atoms with E-state index in [2.05, 4.69) is 0 Å². The fraction of sp³-hybridized carbons (Fsp3) is 0.167. The minimum Gasteiger partial charge on any atom is -0.375 e. The van der Waals surface area contributed by atoms with E-state index in [9.17, 15) is 19.1 Å². The van der Waals surface area contributed by atoms with Crippen LogP contribution < -0.4 is 4.90 Å². The van der Waals surface area contributed by atoms with Crippen molar-refractivity contribution in [1.29, 1.82) is 0 Å². The summed E-state index contributed by atoms with van der Waals surface area (Å²) in [7, 11) is 0. The summed E-state index contributed by atoms with van der Waals surface area (Å²) in [6.07, 6.45) is -0.375. The highest BCUT2D eigenvalue weighted by molar-refractivity contribution is 6.10. The molecule has 3 aromatic carbocycles. The van der Waals surface area contributed by atoms with Gasteiger partial charge in [-0.3, -0.25) is 9.59 Å². The van der Waals surface area contributed by atoms with Crippen LogP contribution in [-0.4, -0.2) is 16.8 Å². The molecule has 1 unspecified atom stereocenters. The Kier molecular flexibility index (Phi) is 4.76. The third kappa shape index (κ3) is 3.34. The van der Waals surface area contributed by atoms with Crippen molar-refractivity contribution >= 4 is 17.4 Å². The third-order valence-corrected chi connectivity index (χ3v) is 5.32. The lowest BCUT2D eigenvalue weighted by Crippen LogP contribution is -2.41. The number of anilines is 1. The van der Waals surface area contributed by atoms with Crippen molar-refractivity contribution in [2.75, 3.05) is 4.90 Å². The molecule has 1 amide bonds. The van der Waals surface area contributed by atoms with Crippen LogP contribution in [0.2, 0.25) is 0 Å². The van der Waals surface area contributed by atoms with E-state index in [-0.39, 0.29) is 18.7 Å². The highest BCUT2D eigenvalue weighted by atomic mass is 19.1. The van der Waals surface area contributed by atoms with Crippen molar-refractivity contribution < 1.29 is 19.1 Å². The molecule has 1 atom stereocenters. The van der Waals surface area contributed by atoms with Gasteiger partial charge in [0, 0.05) is 16.7 Å². The van der Waals surface area contributed by atoms with Gasteiger partial charge in [0.05, 0.1) is 18.7 Å². The van der Waals surface area contributed by atoms with Crippen LogP contribution in [0.15, 0.2) is 72.8 Å². The monoisotopic (exact) mass is 389 g/mol. The normalized spacial score (nSPS) is 18.0. The van der Waals surface area contributed by atoms with E-state index < -0.39 is 17.3 Å². The number of halogens is 1. The van der Waals surface area contributed by atoms with Crippen molar-refractivity contribution in [3.05, 3.63) is 101 Å². The number of hydrogen-bond acceptors (Lipinski definition) is 3. The molecule has 146 valence electrons. The number of hydrogen-bond donors (Lipinski definition) is 1. The highest BCUT2D eigenvalue weighted by Crippen LogP contribution is 2.43. The van der Waals surface area contributed by atoms with Crippen molar-refractivity contribution in [2.24, 2.45) is 0 Å². The van der Waals surface area contributed by atoms with Gasteiger partial charge in [0.15, 0.2) is 11.4 Å². The van der Waals surface area contributed by atoms with Gasteiger partial charge in [0.25, 0.3) is 5.91 Å². The Morgan fingerprint density at radius 1 is 1.00 bits per heavy atom. The predicted molar refractivity (Wildman–Crippen MR) is 108 cm³/mol. The first kappa shape index (κ1) is 19.0. The first-order chi connectivity index (χ1) is 13.9. The molecule has 0 saturated carbocycles. The van der Waals surface area contributed by atoms with Crippen molar-refractivity contribution in [2.45, 2.75) is 25.5 Å². The maximum Gasteiger partial charge on any atom is 0.264 e. The minimum absolute atomic E-state index is 0.0243. The molecule has 29 heavy (non-hydrogen) atoms. The number of aliphatic hydroxyl groups is 1. The number of Topliss-reactive ketones (excluding diaryl/α,β-unsaturated/α-hetero) is 1. The second kappa shape index (κ2) is 7.26. The van der Waals surface area contributed by atoms with Gasteiger partial charge < -0.3 is 10.0 Å². The van der Waals surface area contributed by atoms with Crippen molar-refractivity contribution in [3.63, 3.8) is 0 Å². The summed E-state index contributed by atoms with van der Waals surface area (Å²) in [4.78, 5) is 27.4. The number of benzene rings is 3. The highest BCUT2D eigenvalue weighted by Gasteiger charge is 2.50. The average molecular weight is 389 g/mol. The Labute approximate surface area is 168 Å². The summed E-state index contributed by atoms with van der Waals surface area (Å²) in [5.41, 5.74) is 0.649. The molecule has 4 nitrogen and oxygen atoms in total. The van der Waals surface area contributed by atoms with Crippen LogP contribution in [0.5, 0.6) is 0 Å². The Morgan fingerprint density at radius 2 is 1.66 bits per heavy atom. The Bertz CT molecular complexity index is 1090. The molecule has 0 radical (unpaired) electrons. The molecule has 1 aliphatic rings. The number of fused-ring (bicyclic) bond motifs is 1. The molecule has 0 fully saturated rings. The van der Waals surface area contributed by atoms with Crippen LogP contribution in [-0.2, 0) is 16.9 Å². The molecule has 0 saturated heterocycles. The van der Waals surface area contributed by atoms with Crippen LogP contribution in [0.4, 0.5) is 10.1 Å². The zero-order chi connectivity index (χ0) is 20.6. The maximum atomic E-state index is 14.1. The number of nitrogens with zero attached hydrogens (tertiary/aromatic N) is 1. The Hall–Kier alpha value is -3.31. The van der Waals surface area contributed by atoms with Crippen LogP contribution in [0.3, 0.4) is 0 Å². The van der Waals surface area contributed by atoms with Crippen molar-refractivity contribution in [1.82, 2.24) is 0 Å². The molecule has 1 N–H and O–H groups in total. The number of carbonyl (C=O) groups excluding carboxylic acids is 2. The van der Waals surface area contributed by atoms with Gasteiger partial charge in [-0.15, -0.1) is 0 Å². The first-order valence-electron chi connectivity index (χ1n) is 9.37. The van der Waals surface area contributed by atoms with Gasteiger partial charge in [0.2, 0.25) is 0 Å². The van der Waals surface area contributed by atoms with Crippen LogP contribution in [0, 0.1) is 12.7 Å². The molecule has 0 aliphatic carbocycles. The molecule has 5 heteroatoms. The molecule has 1 aliphatic heterocycles. The van der Waals surface area contributed by atoms with Gasteiger partial charge in [-0.2, -0.15) is 0 Å². The van der Waals surface area contributed by atoms with Gasteiger partial charge in [-0.05, 0) is 19.1 Å². The standard InChI is InChI=1S/C24H20FNO3/c1-16-10-12-17(13-11-16)22(27)14-24(29)19-7-3-5-9-21(19)26(23(24)28)15-18-6-2-4-8-20(18)25/h2-13,29H,14-15H2,1H3. The van der Waals surface area contributed by atoms with E-state index in [0.717, 1.165) is 5.56 Å². The smallest absolute Gasteiger partial charge is 0.264 e. The predicted octanol–water partition coefficient (Wildman–Crippen LogP) is 4.14. The van der Waals surface area contributed by atoms with Crippen LogP contribution in [0.25, 0.3) is 0 Å². The SMILES string of the molecule is Cc1ccc(C(=O)CC2(O)C(=O)N(Cc3ccccc3F)c3ccccc32)cc1. The lowest BCUT2D eigenvalue weighted by Gasteiger charge is -2.23. The number of para-hydroxylation sites is 1. The molecule has 4 rings (SSSR count). The number of ketones is 1. The topological polar surface area (TPSA) is 57.6 Å². The van der Waals surface area contributed by atoms with E-state index in [4.69, 9.17) is 0 Å². The van der Waals surface area contributed by atoms with E-state index in [1.807, 2.05) is 19.1 Å². The summed E-state index contributed by atoms with van der Waals surface area (Å²) in [5.74, 6) is -1.38. The Morgan fingerprint density at radius 3 is 2.38 bits per heavy atom. The number of aryl methyl sites for hydroxylation is 1. The summed E-state index contributed by atoms with van der Waals surface area (Å²) < 4.78 is 14.1. The van der Waals surface area contributed by atoms with Crippen molar-refractivity contribution in [3.8, 4) is 0 Å². The quantitative estimate of drug-likeness (QED) is 0.667. The second-order valence-corrected chi connectivity index (χ2v) is 7.33. The fourth-order valence-electron chi connectivity index (χ4n) is 3.71. The molecule has 0 spiro atoms. The summed E-state index contributed by atoms with van der Waals surface area (Å²) >= 11 is 0. The zero-order valence-electron chi connectivity index (χ0n) is 15.9. The van der Waals surface area contributed by atoms with Gasteiger partial charge in [-0.25, -0.2) is 4.39 Å². The second-order valence-electron chi connectivity index (χ2n) is 7.33. The van der Waals surface area contributed by atoms with Gasteiger partial charge >= 0.3 is 0 Å². The Balaban J connectivity index is 1.69. The summed E-state index contributed by atoms with van der Waals surface area (Å²) in [6.45, 7) is 1.89. The fourth-order valence-corrected chi connectivity index (χ4v) is 3.71. The number of carbonyl (C=O) groups is 2. The lowest BCUT2D eigenvalue weighted by molar-refractivity contribution is -0.136. The summed E-state index contributed by atoms with van der Waals surface area (Å²) in [5, 5.41) is 11.3. The largest absolute Gasteiger partial charge is 0.375 e. The first-order valence-corrected chi connectivity index (χ1v) is 9.37. The number of rotatable bonds is 5. The van der Waals surface area contributed by atoms with Gasteiger partial charge in [0.1, 0.15) is 5.82 Å². The molecular formula is C24H20FNO3. The molecular weight excluding hydrogens is 369 g/mol. The molecule has 1 heterocycles. The van der Waals surface area contributed by atoms with E-state index >= 15 is 0 Å². The lowest BCUT2D eigenvalue weighted by atomic mass is 9.88. The molecule has 3 aromatic rings. The minimum atomic E-state index is -1.98. The number of amides is 1. The average Bonchev–Trinajstić information content (AvgIpc) is 2.92. The van der Waals surface area contributed by atoms with E-state index in [0.29, 0.717) is 22.4 Å². The summed E-state index contributed by atoms with van der Waals surface area (Å²) in [6, 6.07) is 20.0. The zero-order valence-corrected chi connectivity index (χ0v) is 15.9. The van der Waals surface area contributed by atoms with Gasteiger partial charge in [-0.1, -0.05) is 66.2 Å².